The molecule has 0 N–H and O–H groups in total. The first-order valence-electron chi connectivity index (χ1n) is 12.8. The quantitative estimate of drug-likeness (QED) is 0.201. The van der Waals surface area contributed by atoms with Gasteiger partial charge in [-0.1, -0.05) is 160 Å². The lowest BCUT2D eigenvalue weighted by molar-refractivity contribution is 0.494. The maximum absolute atomic E-state index is 2.63. The second-order valence-corrected chi connectivity index (χ2v) is 17.1. The summed E-state index contributed by atoms with van der Waals surface area (Å²) < 4.78 is 0. The normalized spacial score (nSPS) is 14.9. The summed E-state index contributed by atoms with van der Waals surface area (Å²) in [5, 5.41) is 5.94. The van der Waals surface area contributed by atoms with E-state index in [-0.39, 0.29) is 0 Å². The predicted molar refractivity (Wildman–Crippen MR) is 155 cm³/mol. The third-order valence-corrected chi connectivity index (χ3v) is 14.7. The highest BCUT2D eigenvalue weighted by atomic mass is 31.1. The monoisotopic (exact) mass is 478 g/mol. The molecule has 2 heteroatoms. The van der Waals surface area contributed by atoms with Crippen molar-refractivity contribution in [3.8, 4) is 11.1 Å². The molecule has 0 unspecified atom stereocenters. The average molecular weight is 479 g/mol. The molecule has 1 aliphatic carbocycles. The molecule has 172 valence electrons. The van der Waals surface area contributed by atoms with Crippen LogP contribution in [-0.2, 0) is 0 Å². The minimum atomic E-state index is -1.62. The summed E-state index contributed by atoms with van der Waals surface area (Å²) in [7, 11) is -2.25. The minimum absolute atomic E-state index is 0.638. The third-order valence-electron chi connectivity index (χ3n) is 7.71. The highest BCUT2D eigenvalue weighted by Gasteiger charge is 2.36. The Kier molecular flexibility index (Phi) is 7.14. The molecule has 0 amide bonds. The lowest BCUT2D eigenvalue weighted by Crippen LogP contribution is -2.47. The summed E-state index contributed by atoms with van der Waals surface area (Å²) in [6.45, 7) is 5.25. The first kappa shape index (κ1) is 23.3. The summed E-state index contributed by atoms with van der Waals surface area (Å²) in [4.78, 5) is 0. The second-order valence-electron chi connectivity index (χ2n) is 10.1. The molecule has 1 saturated carbocycles. The van der Waals surface area contributed by atoms with Gasteiger partial charge in [0.05, 0.1) is 8.07 Å². The van der Waals surface area contributed by atoms with Crippen LogP contribution in [0, 0.1) is 0 Å². The molecule has 34 heavy (non-hydrogen) atoms. The molecule has 5 rings (SSSR count). The topological polar surface area (TPSA) is 0 Å². The maximum Gasteiger partial charge on any atom is 0.0845 e. The Morgan fingerprint density at radius 1 is 0.559 bits per heavy atom. The zero-order chi connectivity index (χ0) is 23.4. The number of rotatable bonds is 6. The standard InChI is InChI=1S/C32H35PSi/c1-34(2,28-20-10-5-11-21-28)32-25-15-13-23-30(32)29-22-12-14-24-31(29)33(26-16-6-3-7-17-26)27-18-8-4-9-19-27/h3-4,6-9,12-19,22-25,28H,5,10-11,20-21H2,1-2H3. The van der Waals surface area contributed by atoms with Crippen LogP contribution < -0.4 is 21.1 Å². The lowest BCUT2D eigenvalue weighted by Gasteiger charge is -2.37. The van der Waals surface area contributed by atoms with Crippen molar-refractivity contribution in [1.82, 2.24) is 0 Å². The first-order valence-corrected chi connectivity index (χ1v) is 17.2. The van der Waals surface area contributed by atoms with Crippen LogP contribution in [0.5, 0.6) is 0 Å². The predicted octanol–water partition coefficient (Wildman–Crippen LogP) is 7.36. The molecule has 1 fully saturated rings. The van der Waals surface area contributed by atoms with Gasteiger partial charge in [0.2, 0.25) is 0 Å². The molecule has 1 aliphatic rings. The van der Waals surface area contributed by atoms with Crippen molar-refractivity contribution in [2.75, 3.05) is 0 Å². The molecule has 4 aromatic rings. The fourth-order valence-corrected chi connectivity index (χ4v) is 12.0. The van der Waals surface area contributed by atoms with Crippen LogP contribution in [0.15, 0.2) is 109 Å². The molecular weight excluding hydrogens is 443 g/mol. The third kappa shape index (κ3) is 4.70. The Morgan fingerprint density at radius 3 is 1.68 bits per heavy atom. The highest BCUT2D eigenvalue weighted by Crippen LogP contribution is 2.40. The van der Waals surface area contributed by atoms with Crippen LogP contribution in [0.2, 0.25) is 18.6 Å². The van der Waals surface area contributed by atoms with Gasteiger partial charge in [-0.05, 0) is 40.5 Å². The van der Waals surface area contributed by atoms with Gasteiger partial charge in [-0.25, -0.2) is 0 Å². The van der Waals surface area contributed by atoms with Gasteiger partial charge in [-0.3, -0.25) is 0 Å². The van der Waals surface area contributed by atoms with Crippen molar-refractivity contribution < 1.29 is 0 Å². The van der Waals surface area contributed by atoms with Crippen molar-refractivity contribution in [3.63, 3.8) is 0 Å². The van der Waals surface area contributed by atoms with Crippen LogP contribution in [0.25, 0.3) is 11.1 Å². The summed E-state index contributed by atoms with van der Waals surface area (Å²) in [6, 6.07) is 40.8. The van der Waals surface area contributed by atoms with E-state index in [1.54, 1.807) is 5.19 Å². The van der Waals surface area contributed by atoms with E-state index in [9.17, 15) is 0 Å². The van der Waals surface area contributed by atoms with Crippen LogP contribution in [0.1, 0.15) is 32.1 Å². The lowest BCUT2D eigenvalue weighted by atomic mass is 10.0. The van der Waals surface area contributed by atoms with Gasteiger partial charge in [0.15, 0.2) is 0 Å². The van der Waals surface area contributed by atoms with Crippen LogP contribution in [0.4, 0.5) is 0 Å². The zero-order valence-corrected chi connectivity index (χ0v) is 22.3. The van der Waals surface area contributed by atoms with E-state index in [4.69, 9.17) is 0 Å². The molecule has 0 nitrogen and oxygen atoms in total. The SMILES string of the molecule is C[Si](C)(c1ccccc1-c1ccccc1P(c1ccccc1)c1ccccc1)C1CCCCC1. The molecule has 4 aromatic carbocycles. The van der Waals surface area contributed by atoms with E-state index in [1.807, 2.05) is 0 Å². The number of benzene rings is 4. The van der Waals surface area contributed by atoms with Crippen molar-refractivity contribution in [2.24, 2.45) is 0 Å². The highest BCUT2D eigenvalue weighted by molar-refractivity contribution is 7.80. The zero-order valence-electron chi connectivity index (χ0n) is 20.5. The molecular formula is C32H35PSi. The molecule has 0 bridgehead atoms. The van der Waals surface area contributed by atoms with Crippen molar-refractivity contribution >= 4 is 37.1 Å². The van der Waals surface area contributed by atoms with Crippen molar-refractivity contribution in [3.05, 3.63) is 109 Å². The Labute approximate surface area is 207 Å². The van der Waals surface area contributed by atoms with Crippen LogP contribution in [-0.4, -0.2) is 8.07 Å². The van der Waals surface area contributed by atoms with Crippen molar-refractivity contribution in [2.45, 2.75) is 50.7 Å². The second kappa shape index (κ2) is 10.4. The minimum Gasteiger partial charge on any atom is -0.0652 e. The Balaban J connectivity index is 1.67. The van der Waals surface area contributed by atoms with Gasteiger partial charge < -0.3 is 0 Å². The van der Waals surface area contributed by atoms with Gasteiger partial charge in [-0.15, -0.1) is 0 Å². The number of hydrogen-bond donors (Lipinski definition) is 0. The summed E-state index contributed by atoms with van der Waals surface area (Å²) in [6.07, 6.45) is 7.07. The Bertz CT molecular complexity index is 1170. The molecule has 0 saturated heterocycles. The Morgan fingerprint density at radius 2 is 1.06 bits per heavy atom. The molecule has 0 aliphatic heterocycles. The van der Waals surface area contributed by atoms with E-state index >= 15 is 0 Å². The van der Waals surface area contributed by atoms with Crippen LogP contribution in [0.3, 0.4) is 0 Å². The average Bonchev–Trinajstić information content (AvgIpc) is 2.91. The van der Waals surface area contributed by atoms with E-state index in [1.165, 1.54) is 59.1 Å². The number of hydrogen-bond acceptors (Lipinski definition) is 0. The van der Waals surface area contributed by atoms with E-state index < -0.39 is 16.0 Å². The van der Waals surface area contributed by atoms with Gasteiger partial charge >= 0.3 is 0 Å². The van der Waals surface area contributed by atoms with E-state index in [2.05, 4.69) is 122 Å². The molecule has 0 atom stereocenters. The molecule has 0 radical (unpaired) electrons. The van der Waals surface area contributed by atoms with Crippen LogP contribution >= 0.6 is 7.92 Å². The van der Waals surface area contributed by atoms with Gasteiger partial charge in [0.1, 0.15) is 0 Å². The largest absolute Gasteiger partial charge is 0.0845 e. The smallest absolute Gasteiger partial charge is 0.0652 e. The fourth-order valence-electron chi connectivity index (χ4n) is 5.80. The van der Waals surface area contributed by atoms with Gasteiger partial charge in [-0.2, -0.15) is 0 Å². The van der Waals surface area contributed by atoms with Crippen molar-refractivity contribution in [1.29, 1.82) is 0 Å². The summed E-state index contributed by atoms with van der Waals surface area (Å²) in [5.41, 5.74) is 3.78. The molecule has 0 heterocycles. The molecule has 0 spiro atoms. The van der Waals surface area contributed by atoms with E-state index in [0.29, 0.717) is 0 Å². The van der Waals surface area contributed by atoms with Gasteiger partial charge in [0.25, 0.3) is 0 Å². The van der Waals surface area contributed by atoms with Gasteiger partial charge in [0, 0.05) is 0 Å². The van der Waals surface area contributed by atoms with E-state index in [0.717, 1.165) is 5.54 Å². The maximum atomic E-state index is 2.63. The first-order chi connectivity index (χ1) is 16.7. The fraction of sp³-hybridized carbons (Fsp3) is 0.250. The molecule has 0 aromatic heterocycles. The summed E-state index contributed by atoms with van der Waals surface area (Å²) >= 11 is 0. The Hall–Kier alpha value is -2.47. The summed E-state index contributed by atoms with van der Waals surface area (Å²) in [5.74, 6) is 0.